The molecule has 4 rings (SSSR count). The number of pyridine rings is 1. The highest BCUT2D eigenvalue weighted by Gasteiger charge is 2.20. The highest BCUT2D eigenvalue weighted by atomic mass is 32.2. The number of aromatic nitrogens is 1. The van der Waals surface area contributed by atoms with E-state index in [0.29, 0.717) is 16.3 Å². The molecule has 0 amide bonds. The molecule has 0 bridgehead atoms. The fourth-order valence-electron chi connectivity index (χ4n) is 2.92. The minimum atomic E-state index is -3.93. The summed E-state index contributed by atoms with van der Waals surface area (Å²) in [5, 5.41) is 10.1. The predicted molar refractivity (Wildman–Crippen MR) is 120 cm³/mol. The smallest absolute Gasteiger partial charge is 0.261 e. The highest BCUT2D eigenvalue weighted by molar-refractivity contribution is 7.98. The molecule has 9 heteroatoms. The lowest BCUT2D eigenvalue weighted by Crippen LogP contribution is -2.14. The molecule has 0 atom stereocenters. The van der Waals surface area contributed by atoms with Crippen LogP contribution in [0.4, 0.5) is 10.1 Å². The summed E-state index contributed by atoms with van der Waals surface area (Å²) in [7, 11) is -3.93. The van der Waals surface area contributed by atoms with Gasteiger partial charge in [0.05, 0.1) is 34.4 Å². The molecule has 1 N–H and O–H groups in total. The first kappa shape index (κ1) is 21.6. The standard InChI is InChI=1S/C23H16FN3O3S2/c24-19-8-6-17(7-9-19)22-21(27-32(28,29)20-4-2-1-3-5-20)12-18(13-25)23(26-22)31-15-16-10-11-30-14-16/h1-12,14,27H,15H2. The number of benzene rings is 2. The number of furan rings is 1. The fourth-order valence-corrected chi connectivity index (χ4v) is 4.88. The van der Waals surface area contributed by atoms with Gasteiger partial charge in [-0.05, 0) is 48.5 Å². The van der Waals surface area contributed by atoms with Gasteiger partial charge in [-0.3, -0.25) is 4.72 Å². The first-order chi connectivity index (χ1) is 15.5. The molecule has 2 aromatic carbocycles. The van der Waals surface area contributed by atoms with Crippen molar-refractivity contribution in [2.45, 2.75) is 15.7 Å². The molecule has 0 radical (unpaired) electrons. The van der Waals surface area contributed by atoms with Gasteiger partial charge in [-0.2, -0.15) is 5.26 Å². The zero-order valence-electron chi connectivity index (χ0n) is 16.5. The molecule has 0 aliphatic rings. The fraction of sp³-hybridized carbons (Fsp3) is 0.0435. The molecule has 0 saturated heterocycles. The van der Waals surface area contributed by atoms with Crippen LogP contribution in [-0.2, 0) is 15.8 Å². The largest absolute Gasteiger partial charge is 0.472 e. The second-order valence-corrected chi connectivity index (χ2v) is 9.34. The van der Waals surface area contributed by atoms with Gasteiger partial charge in [-0.15, -0.1) is 11.8 Å². The number of nitrogens with one attached hydrogen (secondary N) is 1. The zero-order chi connectivity index (χ0) is 22.6. The summed E-state index contributed by atoms with van der Waals surface area (Å²) < 4.78 is 46.9. The average Bonchev–Trinajstić information content (AvgIpc) is 3.32. The Morgan fingerprint density at radius 2 is 1.84 bits per heavy atom. The average molecular weight is 466 g/mol. The zero-order valence-corrected chi connectivity index (χ0v) is 18.2. The van der Waals surface area contributed by atoms with E-state index in [9.17, 15) is 18.1 Å². The summed E-state index contributed by atoms with van der Waals surface area (Å²) in [5.74, 6) is 0.0826. The van der Waals surface area contributed by atoms with Crippen LogP contribution in [0.25, 0.3) is 11.3 Å². The number of nitrogens with zero attached hydrogens (tertiary/aromatic N) is 2. The molecule has 4 aromatic rings. The lowest BCUT2D eigenvalue weighted by molar-refractivity contribution is 0.565. The number of thioether (sulfide) groups is 1. The van der Waals surface area contributed by atoms with Crippen molar-refractivity contribution < 1.29 is 17.2 Å². The SMILES string of the molecule is N#Cc1cc(NS(=O)(=O)c2ccccc2)c(-c2ccc(F)cc2)nc1SCc1ccoc1. The van der Waals surface area contributed by atoms with Crippen LogP contribution in [0.5, 0.6) is 0 Å². The first-order valence-electron chi connectivity index (χ1n) is 9.39. The van der Waals surface area contributed by atoms with Gasteiger partial charge >= 0.3 is 0 Å². The summed E-state index contributed by atoms with van der Waals surface area (Å²) in [6.07, 6.45) is 3.15. The number of rotatable bonds is 7. The quantitative estimate of drug-likeness (QED) is 0.365. The topological polar surface area (TPSA) is 96.0 Å². The van der Waals surface area contributed by atoms with Gasteiger partial charge in [-0.25, -0.2) is 17.8 Å². The van der Waals surface area contributed by atoms with Crippen LogP contribution in [0.15, 0.2) is 93.6 Å². The Bertz CT molecular complexity index is 1370. The summed E-state index contributed by atoms with van der Waals surface area (Å²) in [4.78, 5) is 4.65. The van der Waals surface area contributed by atoms with Crippen molar-refractivity contribution in [3.8, 4) is 17.3 Å². The monoisotopic (exact) mass is 465 g/mol. The summed E-state index contributed by atoms with van der Waals surface area (Å²) in [6.45, 7) is 0. The Hall–Kier alpha value is -3.61. The van der Waals surface area contributed by atoms with Crippen LogP contribution in [0.3, 0.4) is 0 Å². The van der Waals surface area contributed by atoms with Gasteiger partial charge in [0, 0.05) is 16.9 Å². The molecule has 2 heterocycles. The van der Waals surface area contributed by atoms with Crippen LogP contribution in [0.1, 0.15) is 11.1 Å². The van der Waals surface area contributed by atoms with Crippen LogP contribution >= 0.6 is 11.8 Å². The van der Waals surface area contributed by atoms with Crippen molar-refractivity contribution in [3.05, 3.63) is 96.2 Å². The van der Waals surface area contributed by atoms with E-state index in [1.807, 2.05) is 6.07 Å². The molecule has 2 aromatic heterocycles. The van der Waals surface area contributed by atoms with E-state index in [-0.39, 0.29) is 21.8 Å². The van der Waals surface area contributed by atoms with Crippen LogP contribution in [0, 0.1) is 17.1 Å². The molecule has 32 heavy (non-hydrogen) atoms. The number of halogens is 1. The Labute approximate surface area is 188 Å². The number of hydrogen-bond donors (Lipinski definition) is 1. The highest BCUT2D eigenvalue weighted by Crippen LogP contribution is 2.34. The molecule has 0 spiro atoms. The third kappa shape index (κ3) is 4.82. The van der Waals surface area contributed by atoms with E-state index in [1.165, 1.54) is 54.2 Å². The van der Waals surface area contributed by atoms with Crippen molar-refractivity contribution in [2.24, 2.45) is 0 Å². The number of nitriles is 1. The molecule has 0 aliphatic carbocycles. The minimum Gasteiger partial charge on any atom is -0.472 e. The molecular weight excluding hydrogens is 449 g/mol. The lowest BCUT2D eigenvalue weighted by atomic mass is 10.1. The number of hydrogen-bond acceptors (Lipinski definition) is 6. The summed E-state index contributed by atoms with van der Waals surface area (Å²) in [6, 6.07) is 18.8. The molecule has 0 unspecified atom stereocenters. The van der Waals surface area contributed by atoms with E-state index in [1.54, 1.807) is 30.7 Å². The second kappa shape index (κ2) is 9.26. The maximum absolute atomic E-state index is 13.5. The van der Waals surface area contributed by atoms with Gasteiger partial charge in [0.25, 0.3) is 10.0 Å². The van der Waals surface area contributed by atoms with E-state index in [2.05, 4.69) is 15.8 Å². The number of sulfonamides is 1. The van der Waals surface area contributed by atoms with E-state index in [0.717, 1.165) is 5.56 Å². The molecule has 6 nitrogen and oxygen atoms in total. The van der Waals surface area contributed by atoms with Gasteiger partial charge < -0.3 is 4.42 Å². The third-order valence-electron chi connectivity index (χ3n) is 4.48. The van der Waals surface area contributed by atoms with Crippen LogP contribution < -0.4 is 4.72 Å². The van der Waals surface area contributed by atoms with E-state index < -0.39 is 15.8 Å². The molecule has 0 aliphatic heterocycles. The van der Waals surface area contributed by atoms with Crippen LogP contribution in [-0.4, -0.2) is 13.4 Å². The molecular formula is C23H16FN3O3S2. The van der Waals surface area contributed by atoms with Gasteiger partial charge in [0.15, 0.2) is 0 Å². The maximum atomic E-state index is 13.5. The van der Waals surface area contributed by atoms with Crippen molar-refractivity contribution in [1.82, 2.24) is 4.98 Å². The maximum Gasteiger partial charge on any atom is 0.261 e. The Kier molecular flexibility index (Phi) is 6.25. The van der Waals surface area contributed by atoms with E-state index >= 15 is 0 Å². The number of anilines is 1. The summed E-state index contributed by atoms with van der Waals surface area (Å²) >= 11 is 1.32. The minimum absolute atomic E-state index is 0.0713. The molecule has 0 fully saturated rings. The Morgan fingerprint density at radius 1 is 1.09 bits per heavy atom. The van der Waals surface area contributed by atoms with Gasteiger partial charge in [0.1, 0.15) is 16.9 Å². The Balaban J connectivity index is 1.78. The molecule has 160 valence electrons. The van der Waals surface area contributed by atoms with Crippen LogP contribution in [0.2, 0.25) is 0 Å². The predicted octanol–water partition coefficient (Wildman–Crippen LogP) is 5.45. The van der Waals surface area contributed by atoms with Crippen molar-refractivity contribution >= 4 is 27.5 Å². The lowest BCUT2D eigenvalue weighted by Gasteiger charge is -2.15. The van der Waals surface area contributed by atoms with Gasteiger partial charge in [0.2, 0.25) is 0 Å². The van der Waals surface area contributed by atoms with E-state index in [4.69, 9.17) is 4.42 Å². The van der Waals surface area contributed by atoms with Gasteiger partial charge in [-0.1, -0.05) is 18.2 Å². The third-order valence-corrected chi connectivity index (χ3v) is 6.92. The first-order valence-corrected chi connectivity index (χ1v) is 11.9. The summed E-state index contributed by atoms with van der Waals surface area (Å²) in [5.41, 5.74) is 2.06. The second-order valence-electron chi connectivity index (χ2n) is 6.69. The Morgan fingerprint density at radius 3 is 2.50 bits per heavy atom. The van der Waals surface area contributed by atoms with Crippen molar-refractivity contribution in [3.63, 3.8) is 0 Å². The van der Waals surface area contributed by atoms with Crippen molar-refractivity contribution in [1.29, 1.82) is 5.26 Å². The normalized spacial score (nSPS) is 11.1. The molecule has 0 saturated carbocycles. The van der Waals surface area contributed by atoms with Crippen molar-refractivity contribution in [2.75, 3.05) is 4.72 Å².